The summed E-state index contributed by atoms with van der Waals surface area (Å²) in [6.07, 6.45) is 7.78. The molecule has 4 heteroatoms. The van der Waals surface area contributed by atoms with E-state index in [1.165, 1.54) is 25.9 Å². The van der Waals surface area contributed by atoms with Crippen molar-refractivity contribution in [1.82, 2.24) is 10.2 Å². The van der Waals surface area contributed by atoms with Crippen molar-refractivity contribution in [2.45, 2.75) is 51.0 Å². The maximum absolute atomic E-state index is 12.1. The number of rotatable bonds is 4. The summed E-state index contributed by atoms with van der Waals surface area (Å²) in [6.45, 7) is 3.26. The topological polar surface area (TPSA) is 58.4 Å². The first-order valence-electron chi connectivity index (χ1n) is 7.87. The molecule has 1 amide bonds. The minimum Gasteiger partial charge on any atom is -0.356 e. The summed E-state index contributed by atoms with van der Waals surface area (Å²) in [5.74, 6) is 1.20. The normalized spacial score (nSPS) is 30.2. The molecule has 2 rings (SSSR count). The highest BCUT2D eigenvalue weighted by Crippen LogP contribution is 2.23. The van der Waals surface area contributed by atoms with Crippen LogP contribution >= 0.6 is 0 Å². The molecule has 4 nitrogen and oxygen atoms in total. The van der Waals surface area contributed by atoms with E-state index in [4.69, 9.17) is 5.73 Å². The Hall–Kier alpha value is -0.610. The zero-order valence-electron chi connectivity index (χ0n) is 12.2. The number of piperidine rings is 1. The maximum atomic E-state index is 12.1. The number of carbonyl (C=O) groups is 1. The first kappa shape index (κ1) is 14.8. The van der Waals surface area contributed by atoms with Gasteiger partial charge in [-0.05, 0) is 64.6 Å². The van der Waals surface area contributed by atoms with E-state index in [9.17, 15) is 4.79 Å². The molecule has 19 heavy (non-hydrogen) atoms. The third-order valence-electron chi connectivity index (χ3n) is 4.78. The van der Waals surface area contributed by atoms with Gasteiger partial charge in [0.1, 0.15) is 0 Å². The van der Waals surface area contributed by atoms with Crippen LogP contribution in [0.5, 0.6) is 0 Å². The number of likely N-dealkylation sites (tertiary alicyclic amines) is 1. The Morgan fingerprint density at radius 3 is 2.68 bits per heavy atom. The zero-order valence-corrected chi connectivity index (χ0v) is 12.2. The van der Waals surface area contributed by atoms with E-state index in [1.54, 1.807) is 0 Å². The Balaban J connectivity index is 1.61. The SMILES string of the molecule is CN1CCC(CCNC(=O)C2CCCC(N)C2)CC1. The van der Waals surface area contributed by atoms with Crippen molar-refractivity contribution in [3.8, 4) is 0 Å². The molecule has 2 aliphatic rings. The van der Waals surface area contributed by atoms with Crippen LogP contribution in [0, 0.1) is 11.8 Å². The standard InChI is InChI=1S/C15H29N3O/c1-18-9-6-12(7-10-18)5-8-17-15(19)13-3-2-4-14(16)11-13/h12-14H,2-11,16H2,1H3,(H,17,19). The Kier molecular flexibility index (Phi) is 5.64. The van der Waals surface area contributed by atoms with Crippen LogP contribution in [0.2, 0.25) is 0 Å². The molecule has 3 N–H and O–H groups in total. The molecule has 0 aromatic rings. The van der Waals surface area contributed by atoms with Gasteiger partial charge in [0.25, 0.3) is 0 Å². The molecule has 0 aromatic heterocycles. The van der Waals surface area contributed by atoms with Crippen LogP contribution in [0.3, 0.4) is 0 Å². The van der Waals surface area contributed by atoms with E-state index in [0.717, 1.165) is 44.6 Å². The van der Waals surface area contributed by atoms with Gasteiger partial charge in [-0.3, -0.25) is 4.79 Å². The summed E-state index contributed by atoms with van der Waals surface area (Å²) in [4.78, 5) is 14.4. The lowest BCUT2D eigenvalue weighted by molar-refractivity contribution is -0.126. The Morgan fingerprint density at radius 1 is 1.26 bits per heavy atom. The van der Waals surface area contributed by atoms with Crippen molar-refractivity contribution < 1.29 is 4.79 Å². The first-order valence-corrected chi connectivity index (χ1v) is 7.87. The fourth-order valence-corrected chi connectivity index (χ4v) is 3.36. The number of amides is 1. The smallest absolute Gasteiger partial charge is 0.223 e. The lowest BCUT2D eigenvalue weighted by Gasteiger charge is -2.29. The number of hydrogen-bond acceptors (Lipinski definition) is 3. The Morgan fingerprint density at radius 2 is 2.00 bits per heavy atom. The Labute approximate surface area is 117 Å². The third kappa shape index (κ3) is 4.77. The summed E-state index contributed by atoms with van der Waals surface area (Å²) in [7, 11) is 2.18. The zero-order chi connectivity index (χ0) is 13.7. The molecule has 0 bridgehead atoms. The van der Waals surface area contributed by atoms with Crippen LogP contribution < -0.4 is 11.1 Å². The van der Waals surface area contributed by atoms with Crippen LogP contribution in [-0.4, -0.2) is 43.5 Å². The van der Waals surface area contributed by atoms with E-state index in [0.29, 0.717) is 0 Å². The number of hydrogen-bond donors (Lipinski definition) is 2. The van der Waals surface area contributed by atoms with Gasteiger partial charge >= 0.3 is 0 Å². The van der Waals surface area contributed by atoms with Gasteiger partial charge in [0, 0.05) is 18.5 Å². The lowest BCUT2D eigenvalue weighted by Crippen LogP contribution is -2.39. The summed E-state index contributed by atoms with van der Waals surface area (Å²) in [5.41, 5.74) is 5.94. The highest BCUT2D eigenvalue weighted by molar-refractivity contribution is 5.78. The molecule has 1 saturated carbocycles. The van der Waals surface area contributed by atoms with E-state index in [-0.39, 0.29) is 17.9 Å². The number of nitrogens with zero attached hydrogens (tertiary/aromatic N) is 1. The monoisotopic (exact) mass is 267 g/mol. The summed E-state index contributed by atoms with van der Waals surface area (Å²) < 4.78 is 0. The van der Waals surface area contributed by atoms with Gasteiger partial charge in [0.05, 0.1) is 0 Å². The molecule has 0 aromatic carbocycles. The summed E-state index contributed by atoms with van der Waals surface area (Å²) >= 11 is 0. The Bertz CT molecular complexity index is 287. The minimum absolute atomic E-state index is 0.168. The second-order valence-corrected chi connectivity index (χ2v) is 6.45. The second-order valence-electron chi connectivity index (χ2n) is 6.45. The molecule has 1 aliphatic carbocycles. The van der Waals surface area contributed by atoms with Gasteiger partial charge in [-0.25, -0.2) is 0 Å². The molecule has 1 saturated heterocycles. The molecular weight excluding hydrogens is 238 g/mol. The van der Waals surface area contributed by atoms with Gasteiger partial charge < -0.3 is 16.0 Å². The van der Waals surface area contributed by atoms with Crippen LogP contribution in [0.1, 0.15) is 44.9 Å². The van der Waals surface area contributed by atoms with Gasteiger partial charge in [-0.1, -0.05) is 6.42 Å². The molecule has 1 heterocycles. The van der Waals surface area contributed by atoms with E-state index < -0.39 is 0 Å². The second kappa shape index (κ2) is 7.25. The van der Waals surface area contributed by atoms with Crippen LogP contribution in [0.15, 0.2) is 0 Å². The maximum Gasteiger partial charge on any atom is 0.223 e. The molecule has 2 unspecified atom stereocenters. The summed E-state index contributed by atoms with van der Waals surface area (Å²) in [6, 6.07) is 0.235. The highest BCUT2D eigenvalue weighted by Gasteiger charge is 2.25. The van der Waals surface area contributed by atoms with Crippen LogP contribution in [-0.2, 0) is 4.79 Å². The average molecular weight is 267 g/mol. The molecule has 1 aliphatic heterocycles. The average Bonchev–Trinajstić information content (AvgIpc) is 2.41. The fourth-order valence-electron chi connectivity index (χ4n) is 3.36. The van der Waals surface area contributed by atoms with Crippen molar-refractivity contribution in [3.63, 3.8) is 0 Å². The number of nitrogens with two attached hydrogens (primary N) is 1. The minimum atomic E-state index is 0.168. The number of nitrogens with one attached hydrogen (secondary N) is 1. The molecule has 2 atom stereocenters. The van der Waals surface area contributed by atoms with Gasteiger partial charge in [-0.2, -0.15) is 0 Å². The first-order chi connectivity index (χ1) is 9.15. The largest absolute Gasteiger partial charge is 0.356 e. The molecular formula is C15H29N3O. The van der Waals surface area contributed by atoms with Crippen molar-refractivity contribution in [3.05, 3.63) is 0 Å². The van der Waals surface area contributed by atoms with Crippen LogP contribution in [0.25, 0.3) is 0 Å². The van der Waals surface area contributed by atoms with E-state index >= 15 is 0 Å². The third-order valence-corrected chi connectivity index (χ3v) is 4.78. The molecule has 110 valence electrons. The van der Waals surface area contributed by atoms with Crippen molar-refractivity contribution >= 4 is 5.91 Å². The molecule has 2 fully saturated rings. The van der Waals surface area contributed by atoms with Crippen LogP contribution in [0.4, 0.5) is 0 Å². The quantitative estimate of drug-likeness (QED) is 0.808. The van der Waals surface area contributed by atoms with Gasteiger partial charge in [0.2, 0.25) is 5.91 Å². The molecule has 0 radical (unpaired) electrons. The van der Waals surface area contributed by atoms with E-state index in [2.05, 4.69) is 17.3 Å². The van der Waals surface area contributed by atoms with E-state index in [1.807, 2.05) is 0 Å². The predicted octanol–water partition coefficient (Wildman–Crippen LogP) is 1.35. The molecule has 0 spiro atoms. The fraction of sp³-hybridized carbons (Fsp3) is 0.933. The van der Waals surface area contributed by atoms with Crippen molar-refractivity contribution in [2.75, 3.05) is 26.7 Å². The summed E-state index contributed by atoms with van der Waals surface area (Å²) in [5, 5.41) is 3.12. The van der Waals surface area contributed by atoms with Gasteiger partial charge in [-0.15, -0.1) is 0 Å². The van der Waals surface area contributed by atoms with Crippen molar-refractivity contribution in [2.24, 2.45) is 17.6 Å². The lowest BCUT2D eigenvalue weighted by atomic mass is 9.85. The van der Waals surface area contributed by atoms with Crippen molar-refractivity contribution in [1.29, 1.82) is 0 Å². The number of carbonyl (C=O) groups excluding carboxylic acids is 1. The van der Waals surface area contributed by atoms with Gasteiger partial charge in [0.15, 0.2) is 0 Å². The highest BCUT2D eigenvalue weighted by atomic mass is 16.1. The predicted molar refractivity (Wildman–Crippen MR) is 77.8 cm³/mol.